The molecule has 98 valence electrons. The van der Waals surface area contributed by atoms with E-state index in [0.717, 1.165) is 19.4 Å². The van der Waals surface area contributed by atoms with E-state index in [1.54, 1.807) is 0 Å². The number of carbonyl (C=O) groups excluding carboxylic acids is 1. The Morgan fingerprint density at radius 1 is 1.33 bits per heavy atom. The average molecular weight is 250 g/mol. The molecule has 1 atom stereocenters. The van der Waals surface area contributed by atoms with Crippen LogP contribution in [0.2, 0.25) is 0 Å². The molecule has 1 saturated heterocycles. The lowest BCUT2D eigenvalue weighted by Gasteiger charge is -2.11. The summed E-state index contributed by atoms with van der Waals surface area (Å²) >= 11 is 0. The van der Waals surface area contributed by atoms with Gasteiger partial charge >= 0.3 is 0 Å². The number of amides is 1. The molecule has 0 aliphatic carbocycles. The number of phenols is 2. The maximum absolute atomic E-state index is 11.8. The highest BCUT2D eigenvalue weighted by molar-refractivity contribution is 5.95. The summed E-state index contributed by atoms with van der Waals surface area (Å²) in [5.41, 5.74) is 0.270. The lowest BCUT2D eigenvalue weighted by molar-refractivity contribution is 0.0951. The standard InChI is InChI=1S/C13H18N2O3/c16-11-6-9(7-12(17)8-11)13(18)15-5-3-10-2-1-4-14-10/h6-8,10,14,16-17H,1-5H2,(H,15,18). The fourth-order valence-corrected chi connectivity index (χ4v) is 2.19. The molecule has 1 aromatic rings. The molecule has 2 rings (SSSR count). The van der Waals surface area contributed by atoms with Gasteiger partial charge in [0.05, 0.1) is 0 Å². The van der Waals surface area contributed by atoms with Crippen molar-refractivity contribution in [3.8, 4) is 11.5 Å². The maximum atomic E-state index is 11.8. The van der Waals surface area contributed by atoms with Crippen LogP contribution in [0.25, 0.3) is 0 Å². The first-order valence-electron chi connectivity index (χ1n) is 6.20. The summed E-state index contributed by atoms with van der Waals surface area (Å²) in [5, 5.41) is 24.7. The van der Waals surface area contributed by atoms with Crippen molar-refractivity contribution < 1.29 is 15.0 Å². The van der Waals surface area contributed by atoms with Crippen LogP contribution in [0, 0.1) is 0 Å². The molecule has 0 radical (unpaired) electrons. The van der Waals surface area contributed by atoms with Gasteiger partial charge in [-0.15, -0.1) is 0 Å². The first kappa shape index (κ1) is 12.7. The molecule has 0 saturated carbocycles. The Kier molecular flexibility index (Phi) is 4.04. The molecule has 18 heavy (non-hydrogen) atoms. The van der Waals surface area contributed by atoms with E-state index in [1.165, 1.54) is 24.6 Å². The van der Waals surface area contributed by atoms with Crippen LogP contribution in [-0.2, 0) is 0 Å². The van der Waals surface area contributed by atoms with Gasteiger partial charge in [-0.2, -0.15) is 0 Å². The highest BCUT2D eigenvalue weighted by Gasteiger charge is 2.14. The molecule has 1 aliphatic rings. The van der Waals surface area contributed by atoms with E-state index in [-0.39, 0.29) is 23.0 Å². The van der Waals surface area contributed by atoms with Crippen LogP contribution in [0.5, 0.6) is 11.5 Å². The number of rotatable bonds is 4. The molecular formula is C13H18N2O3. The van der Waals surface area contributed by atoms with Crippen molar-refractivity contribution in [1.82, 2.24) is 10.6 Å². The molecule has 1 aromatic carbocycles. The Hall–Kier alpha value is -1.75. The predicted octanol–water partition coefficient (Wildman–Crippen LogP) is 0.970. The summed E-state index contributed by atoms with van der Waals surface area (Å²) < 4.78 is 0. The molecule has 0 bridgehead atoms. The van der Waals surface area contributed by atoms with E-state index in [0.29, 0.717) is 12.6 Å². The monoisotopic (exact) mass is 250 g/mol. The number of carbonyl (C=O) groups is 1. The van der Waals surface area contributed by atoms with E-state index in [2.05, 4.69) is 10.6 Å². The average Bonchev–Trinajstić information content (AvgIpc) is 2.80. The molecule has 1 amide bonds. The quantitative estimate of drug-likeness (QED) is 0.642. The van der Waals surface area contributed by atoms with Gasteiger partial charge in [-0.25, -0.2) is 0 Å². The highest BCUT2D eigenvalue weighted by Crippen LogP contribution is 2.20. The van der Waals surface area contributed by atoms with Crippen LogP contribution in [0.4, 0.5) is 0 Å². The smallest absolute Gasteiger partial charge is 0.251 e. The van der Waals surface area contributed by atoms with Crippen LogP contribution in [-0.4, -0.2) is 35.3 Å². The summed E-state index contributed by atoms with van der Waals surface area (Å²) in [6.07, 6.45) is 3.25. The number of benzene rings is 1. The molecule has 0 spiro atoms. The van der Waals surface area contributed by atoms with Crippen molar-refractivity contribution in [2.75, 3.05) is 13.1 Å². The number of hydrogen-bond acceptors (Lipinski definition) is 4. The SMILES string of the molecule is O=C(NCCC1CCCN1)c1cc(O)cc(O)c1. The zero-order chi connectivity index (χ0) is 13.0. The van der Waals surface area contributed by atoms with Crippen LogP contribution in [0.1, 0.15) is 29.6 Å². The zero-order valence-electron chi connectivity index (χ0n) is 10.1. The Morgan fingerprint density at radius 2 is 2.06 bits per heavy atom. The van der Waals surface area contributed by atoms with Gasteiger partial charge < -0.3 is 20.8 Å². The van der Waals surface area contributed by atoms with Gasteiger partial charge in [0.15, 0.2) is 0 Å². The fraction of sp³-hybridized carbons (Fsp3) is 0.462. The summed E-state index contributed by atoms with van der Waals surface area (Å²) in [5.74, 6) is -0.505. The third-order valence-electron chi connectivity index (χ3n) is 3.11. The van der Waals surface area contributed by atoms with Gasteiger partial charge in [0.2, 0.25) is 0 Å². The fourth-order valence-electron chi connectivity index (χ4n) is 2.19. The second-order valence-electron chi connectivity index (χ2n) is 4.58. The van der Waals surface area contributed by atoms with Gasteiger partial charge in [0.25, 0.3) is 5.91 Å². The van der Waals surface area contributed by atoms with Crippen LogP contribution >= 0.6 is 0 Å². The second kappa shape index (κ2) is 5.73. The van der Waals surface area contributed by atoms with Crippen molar-refractivity contribution in [3.05, 3.63) is 23.8 Å². The van der Waals surface area contributed by atoms with Gasteiger partial charge in [-0.1, -0.05) is 0 Å². The third kappa shape index (κ3) is 3.37. The minimum absolute atomic E-state index is 0.113. The summed E-state index contributed by atoms with van der Waals surface area (Å²) in [7, 11) is 0. The van der Waals surface area contributed by atoms with E-state index in [4.69, 9.17) is 0 Å². The maximum Gasteiger partial charge on any atom is 0.251 e. The van der Waals surface area contributed by atoms with Gasteiger partial charge in [-0.3, -0.25) is 4.79 Å². The molecule has 1 aliphatic heterocycles. The largest absolute Gasteiger partial charge is 0.508 e. The normalized spacial score (nSPS) is 18.8. The summed E-state index contributed by atoms with van der Waals surface area (Å²) in [6.45, 7) is 1.64. The minimum Gasteiger partial charge on any atom is -0.508 e. The van der Waals surface area contributed by atoms with E-state index >= 15 is 0 Å². The molecule has 5 heteroatoms. The summed E-state index contributed by atoms with van der Waals surface area (Å²) in [6, 6.07) is 4.35. The van der Waals surface area contributed by atoms with Crippen molar-refractivity contribution in [2.45, 2.75) is 25.3 Å². The van der Waals surface area contributed by atoms with Gasteiger partial charge in [0, 0.05) is 24.2 Å². The van der Waals surface area contributed by atoms with E-state index < -0.39 is 0 Å². The molecular weight excluding hydrogens is 232 g/mol. The molecule has 5 nitrogen and oxygen atoms in total. The van der Waals surface area contributed by atoms with Crippen LogP contribution in [0.3, 0.4) is 0 Å². The van der Waals surface area contributed by atoms with Crippen LogP contribution in [0.15, 0.2) is 18.2 Å². The van der Waals surface area contributed by atoms with E-state index in [9.17, 15) is 15.0 Å². The minimum atomic E-state index is -0.279. The van der Waals surface area contributed by atoms with Crippen molar-refractivity contribution >= 4 is 5.91 Å². The molecule has 1 fully saturated rings. The molecule has 4 N–H and O–H groups in total. The highest BCUT2D eigenvalue weighted by atomic mass is 16.3. The van der Waals surface area contributed by atoms with Crippen molar-refractivity contribution in [3.63, 3.8) is 0 Å². The lowest BCUT2D eigenvalue weighted by Crippen LogP contribution is -2.30. The topological polar surface area (TPSA) is 81.6 Å². The van der Waals surface area contributed by atoms with Crippen molar-refractivity contribution in [1.29, 1.82) is 0 Å². The molecule has 1 heterocycles. The zero-order valence-corrected chi connectivity index (χ0v) is 10.1. The lowest BCUT2D eigenvalue weighted by atomic mass is 10.1. The predicted molar refractivity (Wildman–Crippen MR) is 67.7 cm³/mol. The Morgan fingerprint density at radius 3 is 2.67 bits per heavy atom. The molecule has 1 unspecified atom stereocenters. The number of nitrogens with one attached hydrogen (secondary N) is 2. The van der Waals surface area contributed by atoms with Crippen LogP contribution < -0.4 is 10.6 Å². The number of hydrogen-bond donors (Lipinski definition) is 4. The number of phenolic OH excluding ortho intramolecular Hbond substituents is 2. The van der Waals surface area contributed by atoms with E-state index in [1.807, 2.05) is 0 Å². The first-order chi connectivity index (χ1) is 8.65. The Labute approximate surface area is 106 Å². The summed E-state index contributed by atoms with van der Waals surface area (Å²) in [4.78, 5) is 11.8. The Balaban J connectivity index is 1.83. The van der Waals surface area contributed by atoms with Gasteiger partial charge in [-0.05, 0) is 37.9 Å². The Bertz CT molecular complexity index is 408. The van der Waals surface area contributed by atoms with Gasteiger partial charge in [0.1, 0.15) is 11.5 Å². The second-order valence-corrected chi connectivity index (χ2v) is 4.58. The third-order valence-corrected chi connectivity index (χ3v) is 3.11. The van der Waals surface area contributed by atoms with Crippen molar-refractivity contribution in [2.24, 2.45) is 0 Å². The number of aromatic hydroxyl groups is 2. The first-order valence-corrected chi connectivity index (χ1v) is 6.20. The molecule has 0 aromatic heterocycles.